The molecule has 0 aliphatic carbocycles. The van der Waals surface area contributed by atoms with Crippen molar-refractivity contribution in [1.29, 1.82) is 0 Å². The molecule has 1 aliphatic heterocycles. The molecule has 1 heterocycles. The average molecular weight is 535 g/mol. The zero-order valence-corrected chi connectivity index (χ0v) is 20.1. The summed E-state index contributed by atoms with van der Waals surface area (Å²) in [5.74, 6) is 0.477. The predicted octanol–water partition coefficient (Wildman–Crippen LogP) is 3.02. The number of hydrogen-bond acceptors (Lipinski definition) is 4. The Kier molecular flexibility index (Phi) is 10.1. The van der Waals surface area contributed by atoms with E-state index in [0.29, 0.717) is 42.6 Å². The number of nitrogens with two attached hydrogens (primary N) is 1. The molecule has 6 nitrogen and oxygen atoms in total. The minimum absolute atomic E-state index is 0.0190. The molecule has 1 aromatic rings. The number of carbonyl (C=O) groups excluding carboxylic acids is 2. The van der Waals surface area contributed by atoms with Crippen LogP contribution in [-0.4, -0.2) is 55.0 Å². The van der Waals surface area contributed by atoms with Crippen LogP contribution in [0.15, 0.2) is 18.2 Å². The van der Waals surface area contributed by atoms with Crippen LogP contribution in [0.1, 0.15) is 49.9 Å². The maximum Gasteiger partial charge on any atom is 0.251 e. The summed E-state index contributed by atoms with van der Waals surface area (Å²) in [6.07, 6.45) is 3.51. The van der Waals surface area contributed by atoms with Gasteiger partial charge >= 0.3 is 0 Å². The van der Waals surface area contributed by atoms with Gasteiger partial charge in [-0.2, -0.15) is 0 Å². The predicted molar refractivity (Wildman–Crippen MR) is 126 cm³/mol. The van der Waals surface area contributed by atoms with Gasteiger partial charge < -0.3 is 21.3 Å². The number of halogens is 2. The molecule has 0 unspecified atom stereocenters. The first-order chi connectivity index (χ1) is 13.9. The Morgan fingerprint density at radius 1 is 1.41 bits per heavy atom. The van der Waals surface area contributed by atoms with Gasteiger partial charge in [0.1, 0.15) is 0 Å². The molecular formula is C21H32ClIN4O2. The Morgan fingerprint density at radius 3 is 2.76 bits per heavy atom. The highest BCUT2D eigenvalue weighted by Crippen LogP contribution is 2.20. The highest BCUT2D eigenvalue weighted by atomic mass is 127. The monoisotopic (exact) mass is 534 g/mol. The molecule has 162 valence electrons. The lowest BCUT2D eigenvalue weighted by molar-refractivity contribution is -0.133. The molecule has 0 bridgehead atoms. The lowest BCUT2D eigenvalue weighted by Gasteiger charge is -2.27. The summed E-state index contributed by atoms with van der Waals surface area (Å²) in [7, 11) is 0. The highest BCUT2D eigenvalue weighted by Gasteiger charge is 2.31. The van der Waals surface area contributed by atoms with E-state index in [1.165, 1.54) is 0 Å². The molecule has 29 heavy (non-hydrogen) atoms. The molecule has 2 amide bonds. The lowest BCUT2D eigenvalue weighted by atomic mass is 10.0. The molecule has 0 saturated carbocycles. The first-order valence-electron chi connectivity index (χ1n) is 10.4. The smallest absolute Gasteiger partial charge is 0.251 e. The van der Waals surface area contributed by atoms with Crippen LogP contribution in [0.3, 0.4) is 0 Å². The van der Waals surface area contributed by atoms with Gasteiger partial charge in [0.25, 0.3) is 5.91 Å². The number of benzene rings is 1. The van der Waals surface area contributed by atoms with Crippen LogP contribution in [0.2, 0.25) is 5.02 Å². The Morgan fingerprint density at radius 2 is 2.14 bits per heavy atom. The van der Waals surface area contributed by atoms with E-state index in [2.05, 4.69) is 47.1 Å². The molecule has 4 N–H and O–H groups in total. The third-order valence-electron chi connectivity index (χ3n) is 5.57. The Labute approximate surface area is 192 Å². The number of carbonyl (C=O) groups is 2. The van der Waals surface area contributed by atoms with Gasteiger partial charge in [0.15, 0.2) is 0 Å². The van der Waals surface area contributed by atoms with Crippen molar-refractivity contribution >= 4 is 46.0 Å². The van der Waals surface area contributed by atoms with Crippen LogP contribution < -0.4 is 16.4 Å². The van der Waals surface area contributed by atoms with Gasteiger partial charge in [-0.15, -0.1) is 0 Å². The normalized spacial score (nSPS) is 20.1. The van der Waals surface area contributed by atoms with E-state index < -0.39 is 0 Å². The second-order valence-corrected chi connectivity index (χ2v) is 9.16. The van der Waals surface area contributed by atoms with Gasteiger partial charge in [0, 0.05) is 34.8 Å². The molecule has 8 heteroatoms. The second-order valence-electron chi connectivity index (χ2n) is 7.59. The third-order valence-corrected chi connectivity index (χ3v) is 7.15. The standard InChI is InChI=1S/C21H32ClIN4O2/c1-3-14(4-2)13-27-10-8-16(26-19(7-9-24)21(27)29)12-25-20(28)15-5-6-18(23)17(22)11-15/h5-6,11,14,16,19,26H,3-4,7-10,12-13,24H2,1-2H3,(H,25,28)/t16-,19-/m0/s1. The summed E-state index contributed by atoms with van der Waals surface area (Å²) in [5, 5.41) is 6.96. The molecular weight excluding hydrogens is 503 g/mol. The van der Waals surface area contributed by atoms with Gasteiger partial charge in [-0.1, -0.05) is 38.3 Å². The van der Waals surface area contributed by atoms with E-state index in [9.17, 15) is 9.59 Å². The molecule has 0 aromatic heterocycles. The van der Waals surface area contributed by atoms with Crippen LogP contribution in [-0.2, 0) is 4.79 Å². The first-order valence-corrected chi connectivity index (χ1v) is 11.8. The molecule has 1 fully saturated rings. The van der Waals surface area contributed by atoms with Crippen LogP contribution in [0.4, 0.5) is 0 Å². The van der Waals surface area contributed by atoms with E-state index in [-0.39, 0.29) is 23.9 Å². The van der Waals surface area contributed by atoms with Crippen LogP contribution in [0, 0.1) is 9.49 Å². The first kappa shape index (κ1) is 24.4. The fourth-order valence-corrected chi connectivity index (χ4v) is 4.13. The van der Waals surface area contributed by atoms with Gasteiger partial charge in [-0.05, 0) is 66.1 Å². The van der Waals surface area contributed by atoms with Crippen LogP contribution in [0.25, 0.3) is 0 Å². The Hall–Kier alpha value is -0.900. The van der Waals surface area contributed by atoms with Crippen molar-refractivity contribution in [2.24, 2.45) is 11.7 Å². The van der Waals surface area contributed by atoms with E-state index in [0.717, 1.165) is 29.4 Å². The Bertz CT molecular complexity index is 699. The van der Waals surface area contributed by atoms with Crippen molar-refractivity contribution in [1.82, 2.24) is 15.5 Å². The van der Waals surface area contributed by atoms with Crippen LogP contribution in [0.5, 0.6) is 0 Å². The van der Waals surface area contributed by atoms with E-state index >= 15 is 0 Å². The van der Waals surface area contributed by atoms with Crippen molar-refractivity contribution in [3.8, 4) is 0 Å². The average Bonchev–Trinajstić information content (AvgIpc) is 2.86. The van der Waals surface area contributed by atoms with Crippen molar-refractivity contribution in [2.45, 2.75) is 51.6 Å². The summed E-state index contributed by atoms with van der Waals surface area (Å²) < 4.78 is 0.909. The number of amides is 2. The molecule has 2 atom stereocenters. The highest BCUT2D eigenvalue weighted by molar-refractivity contribution is 14.1. The number of nitrogens with zero attached hydrogens (tertiary/aromatic N) is 1. The lowest BCUT2D eigenvalue weighted by Crippen LogP contribution is -2.50. The maximum absolute atomic E-state index is 13.0. The molecule has 0 radical (unpaired) electrons. The van der Waals surface area contributed by atoms with Crippen LogP contribution >= 0.6 is 34.2 Å². The molecule has 1 aromatic carbocycles. The van der Waals surface area contributed by atoms with E-state index in [4.69, 9.17) is 17.3 Å². The van der Waals surface area contributed by atoms with Crippen molar-refractivity contribution < 1.29 is 9.59 Å². The molecule has 0 spiro atoms. The van der Waals surface area contributed by atoms with Crippen molar-refractivity contribution in [2.75, 3.05) is 26.2 Å². The maximum atomic E-state index is 13.0. The number of hydrogen-bond donors (Lipinski definition) is 3. The topological polar surface area (TPSA) is 87.5 Å². The minimum atomic E-state index is -0.300. The van der Waals surface area contributed by atoms with Crippen molar-refractivity contribution in [3.63, 3.8) is 0 Å². The Balaban J connectivity index is 2.00. The third kappa shape index (κ3) is 7.08. The second kappa shape index (κ2) is 12.1. The van der Waals surface area contributed by atoms with Gasteiger partial charge in [0.2, 0.25) is 5.91 Å². The molecule has 1 aliphatic rings. The van der Waals surface area contributed by atoms with E-state index in [1.807, 2.05) is 11.0 Å². The summed E-state index contributed by atoms with van der Waals surface area (Å²) in [5.41, 5.74) is 6.28. The summed E-state index contributed by atoms with van der Waals surface area (Å²) in [4.78, 5) is 27.5. The van der Waals surface area contributed by atoms with Gasteiger partial charge in [-0.3, -0.25) is 9.59 Å². The zero-order valence-electron chi connectivity index (χ0n) is 17.2. The summed E-state index contributed by atoms with van der Waals surface area (Å²) in [6, 6.07) is 4.99. The number of rotatable bonds is 9. The zero-order chi connectivity index (χ0) is 21.4. The SMILES string of the molecule is CCC(CC)CN1CC[C@@H](CNC(=O)c2ccc(I)c(Cl)c2)N[C@@H](CCN)C1=O. The van der Waals surface area contributed by atoms with Gasteiger partial charge in [0.05, 0.1) is 11.1 Å². The van der Waals surface area contributed by atoms with Crippen molar-refractivity contribution in [3.05, 3.63) is 32.4 Å². The molecule has 2 rings (SSSR count). The fraction of sp³-hybridized carbons (Fsp3) is 0.619. The van der Waals surface area contributed by atoms with Gasteiger partial charge in [-0.25, -0.2) is 0 Å². The summed E-state index contributed by atoms with van der Waals surface area (Å²) in [6.45, 7) is 6.72. The summed E-state index contributed by atoms with van der Waals surface area (Å²) >= 11 is 8.26. The quantitative estimate of drug-likeness (QED) is 0.425. The minimum Gasteiger partial charge on any atom is -0.350 e. The fourth-order valence-electron chi connectivity index (χ4n) is 3.61. The largest absolute Gasteiger partial charge is 0.350 e. The number of nitrogens with one attached hydrogen (secondary N) is 2. The van der Waals surface area contributed by atoms with E-state index in [1.54, 1.807) is 12.1 Å². The molecule has 1 saturated heterocycles.